The molecule has 0 spiro atoms. The Labute approximate surface area is 129 Å². The molecule has 0 aliphatic heterocycles. The van der Waals surface area contributed by atoms with Gasteiger partial charge in [-0.25, -0.2) is 23.6 Å². The molecule has 0 atom stereocenters. The van der Waals surface area contributed by atoms with Gasteiger partial charge < -0.3 is 5.43 Å². The number of anilines is 2. The number of hydrazine groups is 1. The van der Waals surface area contributed by atoms with Gasteiger partial charge in [-0.3, -0.25) is 4.72 Å². The molecule has 1 aromatic carbocycles. The van der Waals surface area contributed by atoms with Crippen LogP contribution in [0.1, 0.15) is 5.56 Å². The van der Waals surface area contributed by atoms with Gasteiger partial charge in [0.05, 0.1) is 15.1 Å². The Morgan fingerprint density at radius 2 is 2.05 bits per heavy atom. The first-order valence-corrected chi connectivity index (χ1v) is 8.02. The zero-order chi connectivity index (χ0) is 15.6. The predicted octanol–water partition coefficient (Wildman–Crippen LogP) is 2.38. The van der Waals surface area contributed by atoms with Crippen molar-refractivity contribution in [3.05, 3.63) is 46.3 Å². The predicted molar refractivity (Wildman–Crippen MR) is 81.7 cm³/mol. The average molecular weight is 375 g/mol. The standard InChI is InChI=1S/C12H12BrFN4O2S/c1-7-4-10(14)9(13)6-11(7)18-21(19,20)8-2-3-16-12(5-8)17-15/h2-6,18H,15H2,1H3,(H,16,17). The third-order valence-electron chi connectivity index (χ3n) is 2.70. The highest BCUT2D eigenvalue weighted by molar-refractivity contribution is 9.10. The van der Waals surface area contributed by atoms with Gasteiger partial charge in [0.25, 0.3) is 10.0 Å². The van der Waals surface area contributed by atoms with Crippen LogP contribution < -0.4 is 16.0 Å². The van der Waals surface area contributed by atoms with Crippen LogP contribution in [-0.2, 0) is 10.0 Å². The van der Waals surface area contributed by atoms with Gasteiger partial charge >= 0.3 is 0 Å². The minimum atomic E-state index is -3.83. The molecular formula is C12H12BrFN4O2S. The van der Waals surface area contributed by atoms with E-state index in [-0.39, 0.29) is 20.9 Å². The summed E-state index contributed by atoms with van der Waals surface area (Å²) >= 11 is 3.02. The van der Waals surface area contributed by atoms with E-state index in [0.29, 0.717) is 5.56 Å². The summed E-state index contributed by atoms with van der Waals surface area (Å²) in [5.41, 5.74) is 3.01. The molecule has 0 saturated heterocycles. The van der Waals surface area contributed by atoms with Crippen LogP contribution in [0, 0.1) is 12.7 Å². The third-order valence-corrected chi connectivity index (χ3v) is 4.67. The van der Waals surface area contributed by atoms with E-state index in [1.165, 1.54) is 30.5 Å². The summed E-state index contributed by atoms with van der Waals surface area (Å²) in [7, 11) is -3.83. The number of hydrogen-bond donors (Lipinski definition) is 3. The second-order valence-electron chi connectivity index (χ2n) is 4.21. The van der Waals surface area contributed by atoms with Gasteiger partial charge in [-0.15, -0.1) is 0 Å². The van der Waals surface area contributed by atoms with Gasteiger partial charge in [-0.2, -0.15) is 0 Å². The molecule has 112 valence electrons. The Kier molecular flexibility index (Phi) is 4.45. The van der Waals surface area contributed by atoms with Gasteiger partial charge in [0.1, 0.15) is 11.6 Å². The molecule has 0 unspecified atom stereocenters. The van der Waals surface area contributed by atoms with Crippen LogP contribution in [0.4, 0.5) is 15.9 Å². The molecule has 9 heteroatoms. The first-order chi connectivity index (χ1) is 9.83. The van der Waals surface area contributed by atoms with E-state index in [1.54, 1.807) is 6.92 Å². The lowest BCUT2D eigenvalue weighted by atomic mass is 10.2. The van der Waals surface area contributed by atoms with Gasteiger partial charge in [-0.1, -0.05) is 0 Å². The first-order valence-electron chi connectivity index (χ1n) is 5.74. The lowest BCUT2D eigenvalue weighted by molar-refractivity contribution is 0.600. The monoisotopic (exact) mass is 374 g/mol. The van der Waals surface area contributed by atoms with Gasteiger partial charge in [0, 0.05) is 12.3 Å². The lowest BCUT2D eigenvalue weighted by Gasteiger charge is -2.12. The smallest absolute Gasteiger partial charge is 0.262 e. The maximum Gasteiger partial charge on any atom is 0.262 e. The maximum atomic E-state index is 13.4. The Morgan fingerprint density at radius 1 is 1.33 bits per heavy atom. The van der Waals surface area contributed by atoms with Crippen LogP contribution in [0.5, 0.6) is 0 Å². The Hall–Kier alpha value is -1.71. The van der Waals surface area contributed by atoms with Crippen LogP contribution in [0.15, 0.2) is 39.8 Å². The zero-order valence-electron chi connectivity index (χ0n) is 10.9. The number of nitrogens with zero attached hydrogens (tertiary/aromatic N) is 1. The molecule has 2 rings (SSSR count). The summed E-state index contributed by atoms with van der Waals surface area (Å²) in [6, 6.07) is 5.22. The van der Waals surface area contributed by atoms with E-state index in [2.05, 4.69) is 31.1 Å². The van der Waals surface area contributed by atoms with Crippen LogP contribution in [-0.4, -0.2) is 13.4 Å². The summed E-state index contributed by atoms with van der Waals surface area (Å²) < 4.78 is 40.5. The van der Waals surface area contributed by atoms with Crippen molar-refractivity contribution in [3.8, 4) is 0 Å². The largest absolute Gasteiger partial charge is 0.308 e. The van der Waals surface area contributed by atoms with Crippen molar-refractivity contribution >= 4 is 37.5 Å². The fourth-order valence-corrected chi connectivity index (χ4v) is 3.09. The van der Waals surface area contributed by atoms with Gasteiger partial charge in [-0.05, 0) is 46.6 Å². The minimum Gasteiger partial charge on any atom is -0.308 e. The number of aromatic nitrogens is 1. The SMILES string of the molecule is Cc1cc(F)c(Br)cc1NS(=O)(=O)c1ccnc(NN)c1. The number of halogens is 2. The van der Waals surface area contributed by atoms with Crippen LogP contribution >= 0.6 is 15.9 Å². The van der Waals surface area contributed by atoms with E-state index >= 15 is 0 Å². The van der Waals surface area contributed by atoms with Crippen molar-refractivity contribution in [2.45, 2.75) is 11.8 Å². The molecular weight excluding hydrogens is 363 g/mol. The Balaban J connectivity index is 2.39. The fraction of sp³-hybridized carbons (Fsp3) is 0.0833. The molecule has 0 saturated carbocycles. The lowest BCUT2D eigenvalue weighted by Crippen LogP contribution is -2.15. The van der Waals surface area contributed by atoms with Gasteiger partial charge in [0.2, 0.25) is 0 Å². The van der Waals surface area contributed by atoms with E-state index in [9.17, 15) is 12.8 Å². The molecule has 0 aliphatic carbocycles. The molecule has 2 aromatic rings. The van der Waals surface area contributed by atoms with Crippen molar-refractivity contribution in [1.82, 2.24) is 4.98 Å². The maximum absolute atomic E-state index is 13.4. The van der Waals surface area contributed by atoms with E-state index in [0.717, 1.165) is 0 Å². The number of hydrogen-bond acceptors (Lipinski definition) is 5. The molecule has 1 heterocycles. The third kappa shape index (κ3) is 3.49. The summed E-state index contributed by atoms with van der Waals surface area (Å²) in [6.07, 6.45) is 1.32. The second-order valence-corrected chi connectivity index (χ2v) is 6.74. The molecule has 1 aromatic heterocycles. The molecule has 6 nitrogen and oxygen atoms in total. The summed E-state index contributed by atoms with van der Waals surface area (Å²) in [4.78, 5) is 3.83. The molecule has 0 bridgehead atoms. The van der Waals surface area contributed by atoms with Crippen molar-refractivity contribution in [3.63, 3.8) is 0 Å². The number of benzene rings is 1. The Bertz CT molecular complexity index is 783. The summed E-state index contributed by atoms with van der Waals surface area (Å²) in [6.45, 7) is 1.60. The number of sulfonamides is 1. The summed E-state index contributed by atoms with van der Waals surface area (Å²) in [5.74, 6) is 4.95. The van der Waals surface area contributed by atoms with Gasteiger partial charge in [0.15, 0.2) is 0 Å². The highest BCUT2D eigenvalue weighted by Gasteiger charge is 2.17. The van der Waals surface area contributed by atoms with Crippen molar-refractivity contribution in [2.24, 2.45) is 5.84 Å². The average Bonchev–Trinajstić information content (AvgIpc) is 2.44. The molecule has 0 fully saturated rings. The number of nitrogen functional groups attached to an aromatic ring is 1. The van der Waals surface area contributed by atoms with Crippen molar-refractivity contribution in [1.29, 1.82) is 0 Å². The molecule has 4 N–H and O–H groups in total. The second kappa shape index (κ2) is 5.96. The van der Waals surface area contributed by atoms with E-state index in [1.807, 2.05) is 0 Å². The summed E-state index contributed by atoms with van der Waals surface area (Å²) in [5, 5.41) is 0. The zero-order valence-corrected chi connectivity index (χ0v) is 13.3. The number of aryl methyl sites for hydroxylation is 1. The Morgan fingerprint density at radius 3 is 2.71 bits per heavy atom. The highest BCUT2D eigenvalue weighted by Crippen LogP contribution is 2.26. The quantitative estimate of drug-likeness (QED) is 0.563. The number of nitrogens with two attached hydrogens (primary N) is 1. The van der Waals surface area contributed by atoms with Crippen molar-refractivity contribution < 1.29 is 12.8 Å². The van der Waals surface area contributed by atoms with Crippen LogP contribution in [0.25, 0.3) is 0 Å². The topological polar surface area (TPSA) is 97.1 Å². The molecule has 0 aliphatic rings. The minimum absolute atomic E-state index is 0.00898. The number of pyridine rings is 1. The number of nitrogens with one attached hydrogen (secondary N) is 2. The van der Waals surface area contributed by atoms with E-state index in [4.69, 9.17) is 5.84 Å². The van der Waals surface area contributed by atoms with Crippen LogP contribution in [0.3, 0.4) is 0 Å². The van der Waals surface area contributed by atoms with Crippen LogP contribution in [0.2, 0.25) is 0 Å². The molecule has 0 radical (unpaired) electrons. The number of rotatable bonds is 4. The molecule has 0 amide bonds. The highest BCUT2D eigenvalue weighted by atomic mass is 79.9. The normalized spacial score (nSPS) is 11.2. The fourth-order valence-electron chi connectivity index (χ4n) is 1.62. The van der Waals surface area contributed by atoms with E-state index < -0.39 is 15.8 Å². The molecule has 21 heavy (non-hydrogen) atoms. The van der Waals surface area contributed by atoms with Crippen molar-refractivity contribution in [2.75, 3.05) is 10.1 Å². The first kappa shape index (κ1) is 15.7.